The lowest BCUT2D eigenvalue weighted by atomic mass is 10.1. The molecule has 160 valence electrons. The summed E-state index contributed by atoms with van der Waals surface area (Å²) in [5, 5.41) is 12.8. The zero-order valence-electron chi connectivity index (χ0n) is 17.0. The van der Waals surface area contributed by atoms with Gasteiger partial charge in [-0.25, -0.2) is 4.79 Å². The highest BCUT2D eigenvalue weighted by atomic mass is 16.5. The van der Waals surface area contributed by atoms with Gasteiger partial charge in [-0.05, 0) is 42.0 Å². The van der Waals surface area contributed by atoms with E-state index in [0.29, 0.717) is 16.7 Å². The second-order valence-electron chi connectivity index (χ2n) is 7.09. The van der Waals surface area contributed by atoms with Crippen molar-refractivity contribution in [3.05, 3.63) is 94.5 Å². The minimum Gasteiger partial charge on any atom is -0.505 e. The van der Waals surface area contributed by atoms with Gasteiger partial charge in [0.25, 0.3) is 17.7 Å². The minimum atomic E-state index is -0.735. The summed E-state index contributed by atoms with van der Waals surface area (Å²) >= 11 is 0. The molecule has 1 heterocycles. The average molecular weight is 430 g/mol. The summed E-state index contributed by atoms with van der Waals surface area (Å²) in [4.78, 5) is 50.8. The monoisotopic (exact) mass is 430 g/mol. The SMILES string of the molecule is COC(=O)c1cccc(NC(=O)c2cccc(CN3C(=O)c4ccccc4C3=O)c2)c1O. The Kier molecular flexibility index (Phi) is 5.43. The quantitative estimate of drug-likeness (QED) is 0.365. The summed E-state index contributed by atoms with van der Waals surface area (Å²) in [7, 11) is 1.19. The molecular formula is C24H18N2O6. The van der Waals surface area contributed by atoms with Gasteiger partial charge in [-0.2, -0.15) is 0 Å². The fraction of sp³-hybridized carbons (Fsp3) is 0.0833. The summed E-state index contributed by atoms with van der Waals surface area (Å²) in [6, 6.07) is 17.4. The van der Waals surface area contributed by atoms with Gasteiger partial charge >= 0.3 is 5.97 Å². The molecule has 0 saturated carbocycles. The zero-order chi connectivity index (χ0) is 22.8. The van der Waals surface area contributed by atoms with Gasteiger partial charge < -0.3 is 15.2 Å². The van der Waals surface area contributed by atoms with Crippen LogP contribution in [0.1, 0.15) is 47.0 Å². The Morgan fingerprint density at radius 2 is 1.59 bits per heavy atom. The van der Waals surface area contributed by atoms with Crippen LogP contribution in [-0.4, -0.2) is 40.8 Å². The predicted molar refractivity (Wildman–Crippen MR) is 114 cm³/mol. The number of nitrogens with zero attached hydrogens (tertiary/aromatic N) is 1. The Hall–Kier alpha value is -4.46. The number of carbonyl (C=O) groups is 4. The number of carbonyl (C=O) groups excluding carboxylic acids is 4. The molecule has 0 unspecified atom stereocenters. The number of hydrogen-bond donors (Lipinski definition) is 2. The number of hydrogen-bond acceptors (Lipinski definition) is 6. The summed E-state index contributed by atoms with van der Waals surface area (Å²) in [6.07, 6.45) is 0. The van der Waals surface area contributed by atoms with E-state index in [2.05, 4.69) is 10.1 Å². The van der Waals surface area contributed by atoms with Crippen LogP contribution < -0.4 is 5.32 Å². The van der Waals surface area contributed by atoms with Crippen LogP contribution in [0.25, 0.3) is 0 Å². The van der Waals surface area contributed by atoms with Crippen LogP contribution in [0, 0.1) is 0 Å². The third kappa shape index (κ3) is 3.69. The van der Waals surface area contributed by atoms with E-state index in [1.54, 1.807) is 48.5 Å². The molecule has 0 fully saturated rings. The second kappa shape index (κ2) is 8.35. The number of para-hydroxylation sites is 1. The van der Waals surface area contributed by atoms with E-state index in [4.69, 9.17) is 0 Å². The van der Waals surface area contributed by atoms with Gasteiger partial charge in [0.1, 0.15) is 5.56 Å². The molecule has 0 aliphatic carbocycles. The molecule has 0 bridgehead atoms. The molecule has 8 heteroatoms. The Morgan fingerprint density at radius 1 is 0.938 bits per heavy atom. The highest BCUT2D eigenvalue weighted by Crippen LogP contribution is 2.29. The number of anilines is 1. The fourth-order valence-corrected chi connectivity index (χ4v) is 3.49. The van der Waals surface area contributed by atoms with Crippen LogP contribution in [0.2, 0.25) is 0 Å². The highest BCUT2D eigenvalue weighted by Gasteiger charge is 2.35. The van der Waals surface area contributed by atoms with E-state index in [-0.39, 0.29) is 35.2 Å². The number of nitrogens with one attached hydrogen (secondary N) is 1. The van der Waals surface area contributed by atoms with Crippen molar-refractivity contribution in [1.82, 2.24) is 4.90 Å². The van der Waals surface area contributed by atoms with Crippen LogP contribution in [0.15, 0.2) is 66.7 Å². The van der Waals surface area contributed by atoms with Crippen molar-refractivity contribution in [3.63, 3.8) is 0 Å². The first-order valence-electron chi connectivity index (χ1n) is 9.66. The van der Waals surface area contributed by atoms with E-state index in [9.17, 15) is 24.3 Å². The Balaban J connectivity index is 1.53. The molecule has 0 atom stereocenters. The number of rotatable bonds is 5. The number of imide groups is 1. The molecule has 2 N–H and O–H groups in total. The molecule has 0 aromatic heterocycles. The van der Waals surface area contributed by atoms with E-state index in [1.807, 2.05) is 0 Å². The molecule has 3 amide bonds. The number of methoxy groups -OCH3 is 1. The average Bonchev–Trinajstić information content (AvgIpc) is 3.05. The standard InChI is InChI=1S/C24H18N2O6/c1-32-24(31)18-10-5-11-19(20(18)27)25-21(28)15-7-4-6-14(12-15)13-26-22(29)16-8-2-3-9-17(16)23(26)30/h2-12,27H,13H2,1H3,(H,25,28). The molecule has 4 rings (SSSR count). The lowest BCUT2D eigenvalue weighted by Gasteiger charge is -2.15. The van der Waals surface area contributed by atoms with Gasteiger partial charge in [-0.3, -0.25) is 19.3 Å². The van der Waals surface area contributed by atoms with Crippen LogP contribution >= 0.6 is 0 Å². The van der Waals surface area contributed by atoms with Gasteiger partial charge in [-0.1, -0.05) is 30.3 Å². The summed E-state index contributed by atoms with van der Waals surface area (Å²) in [6.45, 7) is 0.0105. The van der Waals surface area contributed by atoms with E-state index in [1.165, 1.54) is 25.3 Å². The Morgan fingerprint density at radius 3 is 2.25 bits per heavy atom. The molecule has 1 aliphatic heterocycles. The maximum absolute atomic E-state index is 12.7. The van der Waals surface area contributed by atoms with E-state index >= 15 is 0 Å². The molecule has 1 aliphatic rings. The van der Waals surface area contributed by atoms with Gasteiger partial charge in [0.15, 0.2) is 5.75 Å². The number of esters is 1. The Labute approximate surface area is 183 Å². The van der Waals surface area contributed by atoms with Gasteiger partial charge in [0, 0.05) is 5.56 Å². The first-order valence-corrected chi connectivity index (χ1v) is 9.66. The molecule has 0 spiro atoms. The summed E-state index contributed by atoms with van der Waals surface area (Å²) in [5.74, 6) is -2.45. The van der Waals surface area contributed by atoms with Gasteiger partial charge in [0.2, 0.25) is 0 Å². The van der Waals surface area contributed by atoms with Crippen LogP contribution in [0.4, 0.5) is 5.69 Å². The molecule has 3 aromatic rings. The molecule has 32 heavy (non-hydrogen) atoms. The number of phenolic OH excluding ortho intramolecular Hbond substituents is 1. The summed E-state index contributed by atoms with van der Waals surface area (Å²) in [5.41, 5.74) is 1.51. The third-order valence-electron chi connectivity index (χ3n) is 5.10. The lowest BCUT2D eigenvalue weighted by Crippen LogP contribution is -2.29. The van der Waals surface area contributed by atoms with Crippen molar-refractivity contribution in [1.29, 1.82) is 0 Å². The van der Waals surface area contributed by atoms with Crippen LogP contribution in [0.3, 0.4) is 0 Å². The van der Waals surface area contributed by atoms with Crippen molar-refractivity contribution in [3.8, 4) is 5.75 Å². The highest BCUT2D eigenvalue weighted by molar-refractivity contribution is 6.21. The first kappa shape index (κ1) is 20.8. The van der Waals surface area contributed by atoms with Crippen molar-refractivity contribution in [2.45, 2.75) is 6.54 Å². The zero-order valence-corrected chi connectivity index (χ0v) is 17.0. The van der Waals surface area contributed by atoms with Crippen LogP contribution in [0.5, 0.6) is 5.75 Å². The molecule has 8 nitrogen and oxygen atoms in total. The number of ether oxygens (including phenoxy) is 1. The normalized spacial score (nSPS) is 12.5. The fourth-order valence-electron chi connectivity index (χ4n) is 3.49. The lowest BCUT2D eigenvalue weighted by molar-refractivity contribution is 0.0594. The van der Waals surface area contributed by atoms with Crippen molar-refractivity contribution >= 4 is 29.4 Å². The number of fused-ring (bicyclic) bond motifs is 1. The number of phenols is 1. The first-order chi connectivity index (χ1) is 15.4. The molecular weight excluding hydrogens is 412 g/mol. The van der Waals surface area contributed by atoms with Crippen LogP contribution in [-0.2, 0) is 11.3 Å². The summed E-state index contributed by atoms with van der Waals surface area (Å²) < 4.78 is 4.61. The minimum absolute atomic E-state index is 0.0105. The number of amides is 3. The Bertz CT molecular complexity index is 1230. The van der Waals surface area contributed by atoms with E-state index < -0.39 is 17.6 Å². The van der Waals surface area contributed by atoms with Gasteiger partial charge in [0.05, 0.1) is 30.5 Å². The van der Waals surface area contributed by atoms with Crippen molar-refractivity contribution in [2.75, 3.05) is 12.4 Å². The number of aromatic hydroxyl groups is 1. The second-order valence-corrected chi connectivity index (χ2v) is 7.09. The third-order valence-corrected chi connectivity index (χ3v) is 5.10. The molecule has 3 aromatic carbocycles. The smallest absolute Gasteiger partial charge is 0.341 e. The topological polar surface area (TPSA) is 113 Å². The largest absolute Gasteiger partial charge is 0.505 e. The maximum Gasteiger partial charge on any atom is 0.341 e. The predicted octanol–water partition coefficient (Wildman–Crippen LogP) is 3.23. The van der Waals surface area contributed by atoms with Crippen molar-refractivity contribution in [2.24, 2.45) is 0 Å². The van der Waals surface area contributed by atoms with Crippen molar-refractivity contribution < 1.29 is 29.0 Å². The number of benzene rings is 3. The maximum atomic E-state index is 12.7. The molecule has 0 radical (unpaired) electrons. The van der Waals surface area contributed by atoms with E-state index in [0.717, 1.165) is 4.90 Å². The molecule has 0 saturated heterocycles. The van der Waals surface area contributed by atoms with Gasteiger partial charge in [-0.15, -0.1) is 0 Å².